The molecular formula is C13H25N3O4. The van der Waals surface area contributed by atoms with Gasteiger partial charge in [0.05, 0.1) is 12.6 Å². The standard InChI is InChI=1S/C13H25N3O4/c1-3-20-13(18)16-8-6-15(7-9-16)12(17)11(14)5-4-10-19-2/h11H,3-10,14H2,1-2H3. The van der Waals surface area contributed by atoms with Crippen molar-refractivity contribution in [3.8, 4) is 0 Å². The molecule has 0 aromatic heterocycles. The number of hydrogen-bond acceptors (Lipinski definition) is 5. The van der Waals surface area contributed by atoms with Crippen molar-refractivity contribution in [2.24, 2.45) is 5.73 Å². The van der Waals surface area contributed by atoms with E-state index in [9.17, 15) is 9.59 Å². The van der Waals surface area contributed by atoms with Gasteiger partial charge < -0.3 is 25.0 Å². The third kappa shape index (κ3) is 4.97. The molecule has 1 atom stereocenters. The van der Waals surface area contributed by atoms with Crippen LogP contribution in [-0.4, -0.2) is 74.3 Å². The highest BCUT2D eigenvalue weighted by molar-refractivity contribution is 5.82. The van der Waals surface area contributed by atoms with E-state index in [4.69, 9.17) is 15.2 Å². The van der Waals surface area contributed by atoms with Crippen molar-refractivity contribution in [3.63, 3.8) is 0 Å². The summed E-state index contributed by atoms with van der Waals surface area (Å²) in [7, 11) is 1.63. The molecule has 0 aromatic rings. The normalized spacial score (nSPS) is 16.9. The summed E-state index contributed by atoms with van der Waals surface area (Å²) >= 11 is 0. The zero-order valence-corrected chi connectivity index (χ0v) is 12.3. The third-order valence-corrected chi connectivity index (χ3v) is 3.30. The number of nitrogens with zero attached hydrogens (tertiary/aromatic N) is 2. The quantitative estimate of drug-likeness (QED) is 0.697. The summed E-state index contributed by atoms with van der Waals surface area (Å²) in [5, 5.41) is 0. The number of ether oxygens (including phenoxy) is 2. The van der Waals surface area contributed by atoms with E-state index in [1.165, 1.54) is 0 Å². The first-order valence-electron chi connectivity index (χ1n) is 7.05. The van der Waals surface area contributed by atoms with Gasteiger partial charge in [-0.25, -0.2) is 4.79 Å². The molecule has 7 nitrogen and oxygen atoms in total. The summed E-state index contributed by atoms with van der Waals surface area (Å²) in [4.78, 5) is 27.0. The van der Waals surface area contributed by atoms with Crippen LogP contribution in [0, 0.1) is 0 Å². The van der Waals surface area contributed by atoms with Crippen LogP contribution in [0.1, 0.15) is 19.8 Å². The van der Waals surface area contributed by atoms with Crippen LogP contribution in [0.15, 0.2) is 0 Å². The van der Waals surface area contributed by atoms with E-state index in [2.05, 4.69) is 0 Å². The van der Waals surface area contributed by atoms with Crippen LogP contribution in [0.4, 0.5) is 4.79 Å². The fourth-order valence-corrected chi connectivity index (χ4v) is 2.13. The molecule has 0 aromatic carbocycles. The molecule has 1 heterocycles. The lowest BCUT2D eigenvalue weighted by Crippen LogP contribution is -2.54. The summed E-state index contributed by atoms with van der Waals surface area (Å²) in [5.41, 5.74) is 5.88. The summed E-state index contributed by atoms with van der Waals surface area (Å²) < 4.78 is 9.88. The van der Waals surface area contributed by atoms with Gasteiger partial charge in [0.25, 0.3) is 0 Å². The average molecular weight is 287 g/mol. The van der Waals surface area contributed by atoms with Gasteiger partial charge in [0.1, 0.15) is 0 Å². The van der Waals surface area contributed by atoms with E-state index in [0.717, 1.165) is 6.42 Å². The minimum Gasteiger partial charge on any atom is -0.450 e. The van der Waals surface area contributed by atoms with E-state index in [1.807, 2.05) is 0 Å². The van der Waals surface area contributed by atoms with Crippen LogP contribution in [0.3, 0.4) is 0 Å². The molecule has 0 saturated carbocycles. The number of carbonyl (C=O) groups is 2. The minimum atomic E-state index is -0.487. The van der Waals surface area contributed by atoms with Gasteiger partial charge in [-0.15, -0.1) is 0 Å². The summed E-state index contributed by atoms with van der Waals surface area (Å²) in [6, 6.07) is -0.487. The SMILES string of the molecule is CCOC(=O)N1CCN(C(=O)C(N)CCCOC)CC1. The highest BCUT2D eigenvalue weighted by atomic mass is 16.6. The van der Waals surface area contributed by atoms with Gasteiger partial charge in [-0.3, -0.25) is 4.79 Å². The molecule has 1 aliphatic rings. The van der Waals surface area contributed by atoms with Crippen LogP contribution >= 0.6 is 0 Å². The molecule has 2 amide bonds. The number of hydrogen-bond donors (Lipinski definition) is 1. The molecule has 1 unspecified atom stereocenters. The number of nitrogens with two attached hydrogens (primary N) is 1. The van der Waals surface area contributed by atoms with Crippen molar-refractivity contribution in [3.05, 3.63) is 0 Å². The first-order chi connectivity index (χ1) is 9.60. The van der Waals surface area contributed by atoms with E-state index >= 15 is 0 Å². The third-order valence-electron chi connectivity index (χ3n) is 3.30. The molecular weight excluding hydrogens is 262 g/mol. The first-order valence-corrected chi connectivity index (χ1v) is 7.05. The smallest absolute Gasteiger partial charge is 0.409 e. The van der Waals surface area contributed by atoms with Gasteiger partial charge >= 0.3 is 6.09 Å². The van der Waals surface area contributed by atoms with E-state index in [-0.39, 0.29) is 12.0 Å². The molecule has 1 aliphatic heterocycles. The molecule has 0 spiro atoms. The highest BCUT2D eigenvalue weighted by Gasteiger charge is 2.27. The Hall–Kier alpha value is -1.34. The summed E-state index contributed by atoms with van der Waals surface area (Å²) in [6.07, 6.45) is 1.07. The molecule has 7 heteroatoms. The highest BCUT2D eigenvalue weighted by Crippen LogP contribution is 2.07. The predicted molar refractivity (Wildman–Crippen MR) is 74.3 cm³/mol. The van der Waals surface area contributed by atoms with E-state index in [1.54, 1.807) is 23.8 Å². The van der Waals surface area contributed by atoms with Gasteiger partial charge in [-0.05, 0) is 19.8 Å². The molecule has 1 rings (SSSR count). The maximum absolute atomic E-state index is 12.1. The molecule has 0 bridgehead atoms. The maximum Gasteiger partial charge on any atom is 0.409 e. The Morgan fingerprint density at radius 2 is 1.80 bits per heavy atom. The summed E-state index contributed by atoms with van der Waals surface area (Å²) in [5.74, 6) is -0.0513. The number of methoxy groups -OCH3 is 1. The Balaban J connectivity index is 2.33. The minimum absolute atomic E-state index is 0.0513. The number of carbonyl (C=O) groups excluding carboxylic acids is 2. The van der Waals surface area contributed by atoms with Crippen molar-refractivity contribution in [1.82, 2.24) is 9.80 Å². The van der Waals surface area contributed by atoms with Gasteiger partial charge in [0, 0.05) is 39.9 Å². The fraction of sp³-hybridized carbons (Fsp3) is 0.846. The largest absolute Gasteiger partial charge is 0.450 e. The van der Waals surface area contributed by atoms with Crippen molar-refractivity contribution < 1.29 is 19.1 Å². The molecule has 1 fully saturated rings. The van der Waals surface area contributed by atoms with Crippen LogP contribution in [-0.2, 0) is 14.3 Å². The van der Waals surface area contributed by atoms with Gasteiger partial charge in [0.2, 0.25) is 5.91 Å². The molecule has 116 valence electrons. The second-order valence-corrected chi connectivity index (χ2v) is 4.75. The number of amides is 2. The van der Waals surface area contributed by atoms with Gasteiger partial charge in [-0.1, -0.05) is 0 Å². The van der Waals surface area contributed by atoms with Gasteiger partial charge in [0.15, 0.2) is 0 Å². The number of rotatable bonds is 6. The molecule has 0 aliphatic carbocycles. The number of piperazine rings is 1. The zero-order chi connectivity index (χ0) is 15.0. The molecule has 0 radical (unpaired) electrons. The Labute approximate surface area is 120 Å². The van der Waals surface area contributed by atoms with E-state index < -0.39 is 6.04 Å². The topological polar surface area (TPSA) is 85.1 Å². The molecule has 1 saturated heterocycles. The molecule has 2 N–H and O–H groups in total. The Morgan fingerprint density at radius 3 is 2.35 bits per heavy atom. The fourth-order valence-electron chi connectivity index (χ4n) is 2.13. The lowest BCUT2D eigenvalue weighted by molar-refractivity contribution is -0.134. The van der Waals surface area contributed by atoms with Crippen LogP contribution in [0.2, 0.25) is 0 Å². The zero-order valence-electron chi connectivity index (χ0n) is 12.3. The van der Waals surface area contributed by atoms with Crippen molar-refractivity contribution >= 4 is 12.0 Å². The van der Waals surface area contributed by atoms with Crippen LogP contribution in [0.5, 0.6) is 0 Å². The van der Waals surface area contributed by atoms with Crippen molar-refractivity contribution in [2.45, 2.75) is 25.8 Å². The van der Waals surface area contributed by atoms with Crippen molar-refractivity contribution in [1.29, 1.82) is 0 Å². The second kappa shape index (κ2) is 8.76. The first kappa shape index (κ1) is 16.7. The second-order valence-electron chi connectivity index (χ2n) is 4.75. The average Bonchev–Trinajstić information content (AvgIpc) is 2.47. The van der Waals surface area contributed by atoms with Crippen LogP contribution in [0.25, 0.3) is 0 Å². The van der Waals surface area contributed by atoms with Crippen molar-refractivity contribution in [2.75, 3.05) is 46.5 Å². The van der Waals surface area contributed by atoms with Crippen LogP contribution < -0.4 is 5.73 Å². The Bertz CT molecular complexity index is 317. The lowest BCUT2D eigenvalue weighted by atomic mass is 10.1. The van der Waals surface area contributed by atoms with E-state index in [0.29, 0.717) is 45.8 Å². The monoisotopic (exact) mass is 287 g/mol. The summed E-state index contributed by atoms with van der Waals surface area (Å²) in [6.45, 7) is 4.76. The van der Waals surface area contributed by atoms with Gasteiger partial charge in [-0.2, -0.15) is 0 Å². The maximum atomic E-state index is 12.1. The Kier molecular flexibility index (Phi) is 7.32. The lowest BCUT2D eigenvalue weighted by Gasteiger charge is -2.35. The Morgan fingerprint density at radius 1 is 1.20 bits per heavy atom. The predicted octanol–water partition coefficient (Wildman–Crippen LogP) is 0.0410. The molecule has 20 heavy (non-hydrogen) atoms.